The molecule has 0 N–H and O–H groups in total. The zero-order valence-corrected chi connectivity index (χ0v) is 15.7. The average molecular weight is 451 g/mol. The van der Waals surface area contributed by atoms with Gasteiger partial charge in [0.05, 0.1) is 0 Å². The van der Waals surface area contributed by atoms with Gasteiger partial charge in [0.25, 0.3) is 0 Å². The van der Waals surface area contributed by atoms with Gasteiger partial charge in [0.15, 0.2) is 0 Å². The number of halogens is 2. The minimum Gasteiger partial charge on any atom is -0.184 e. The second kappa shape index (κ2) is 9.96. The minimum absolute atomic E-state index is 0.399. The number of benzene rings is 1. The molecule has 2 rings (SSSR count). The SMILES string of the molecule is C[C](=[Tc+]=[O])/C(Br)=C\c1c(C)ncnc1Cl.[c-]1ccccc1. The fourth-order valence-corrected chi connectivity index (χ4v) is 2.36. The van der Waals surface area contributed by atoms with E-state index in [1.807, 2.05) is 44.2 Å². The Balaban J connectivity index is 0.000000304. The summed E-state index contributed by atoms with van der Waals surface area (Å²) in [6, 6.07) is 12.5. The molecule has 0 aliphatic rings. The number of rotatable bonds is 2. The van der Waals surface area contributed by atoms with E-state index >= 15 is 0 Å². The molecule has 0 atom stereocenters. The van der Waals surface area contributed by atoms with Crippen molar-refractivity contribution in [1.29, 1.82) is 0 Å². The predicted molar refractivity (Wildman–Crippen MR) is 85.3 cm³/mol. The first-order valence-electron chi connectivity index (χ1n) is 5.92. The van der Waals surface area contributed by atoms with Crippen molar-refractivity contribution in [3.8, 4) is 0 Å². The Morgan fingerprint density at radius 2 is 2.00 bits per heavy atom. The van der Waals surface area contributed by atoms with E-state index in [1.54, 1.807) is 6.08 Å². The quantitative estimate of drug-likeness (QED) is 0.507. The Hall–Kier alpha value is -0.871. The van der Waals surface area contributed by atoms with Crippen LogP contribution >= 0.6 is 27.5 Å². The van der Waals surface area contributed by atoms with Crippen LogP contribution < -0.4 is 0 Å². The van der Waals surface area contributed by atoms with Crippen molar-refractivity contribution in [3.63, 3.8) is 0 Å². The standard InChI is InChI=1S/C9H8BrClN2.C6H5.O.Tc/c1-3-7(10)4-8-6(2)12-5-13-9(8)11;1-2-4-6-5-3-1;;/h4-5H,1-2H3;1-5H;;/q;-1;;+1/b7-4+;;;. The average Bonchev–Trinajstić information content (AvgIpc) is 2.52. The first-order chi connectivity index (χ1) is 10.1. The molecule has 6 heteroatoms. The molecule has 1 aromatic carbocycles. The molecule has 110 valence electrons. The van der Waals surface area contributed by atoms with Crippen LogP contribution in [0.5, 0.6) is 0 Å². The van der Waals surface area contributed by atoms with Gasteiger partial charge in [-0.3, -0.25) is 0 Å². The Morgan fingerprint density at radius 1 is 1.33 bits per heavy atom. The molecule has 1 aromatic heterocycles. The number of allylic oxidation sites excluding steroid dienone is 1. The van der Waals surface area contributed by atoms with Gasteiger partial charge >= 0.3 is 109 Å². The third kappa shape index (κ3) is 6.61. The maximum atomic E-state index is 10.8. The molecular formula is C15H13BrClN2OTc. The van der Waals surface area contributed by atoms with Crippen molar-refractivity contribution in [2.75, 3.05) is 0 Å². The van der Waals surface area contributed by atoms with Crippen LogP contribution in [-0.2, 0) is 20.7 Å². The maximum Gasteiger partial charge on any atom is -0.171 e. The van der Waals surface area contributed by atoms with Crippen LogP contribution in [0.25, 0.3) is 6.08 Å². The van der Waals surface area contributed by atoms with Gasteiger partial charge in [-0.2, -0.15) is 36.4 Å². The van der Waals surface area contributed by atoms with Crippen molar-refractivity contribution < 1.29 is 20.7 Å². The van der Waals surface area contributed by atoms with Crippen LogP contribution in [0.1, 0.15) is 18.2 Å². The van der Waals surface area contributed by atoms with Crippen LogP contribution in [0, 0.1) is 13.0 Å². The number of hydrogen-bond donors (Lipinski definition) is 0. The van der Waals surface area contributed by atoms with Crippen molar-refractivity contribution >= 4 is 37.6 Å². The van der Waals surface area contributed by atoms with E-state index in [0.29, 0.717) is 5.15 Å². The summed E-state index contributed by atoms with van der Waals surface area (Å²) >= 11 is 8.13. The first-order valence-corrected chi connectivity index (χ1v) is 8.78. The summed E-state index contributed by atoms with van der Waals surface area (Å²) in [4.78, 5) is 7.93. The second-order valence-electron chi connectivity index (χ2n) is 3.84. The summed E-state index contributed by atoms with van der Waals surface area (Å²) < 4.78 is 12.4. The van der Waals surface area contributed by atoms with Crippen LogP contribution in [0.3, 0.4) is 0 Å². The summed E-state index contributed by atoms with van der Waals surface area (Å²) in [5.74, 6) is 0. The molecule has 3 nitrogen and oxygen atoms in total. The molecule has 0 amide bonds. The zero-order valence-electron chi connectivity index (χ0n) is 11.5. The molecule has 0 saturated heterocycles. The molecule has 0 spiro atoms. The van der Waals surface area contributed by atoms with Gasteiger partial charge in [0, 0.05) is 0 Å². The van der Waals surface area contributed by atoms with Crippen LogP contribution in [0.4, 0.5) is 0 Å². The van der Waals surface area contributed by atoms with Crippen molar-refractivity contribution in [2.45, 2.75) is 13.8 Å². The van der Waals surface area contributed by atoms with E-state index in [1.165, 1.54) is 6.33 Å². The van der Waals surface area contributed by atoms with E-state index in [-0.39, 0.29) is 0 Å². The third-order valence-corrected chi connectivity index (χ3v) is 5.18. The predicted octanol–water partition coefficient (Wildman–Crippen LogP) is 4.28. The first kappa shape index (κ1) is 18.2. The van der Waals surface area contributed by atoms with Crippen molar-refractivity contribution in [2.24, 2.45) is 0 Å². The minimum atomic E-state index is -1.15. The summed E-state index contributed by atoms with van der Waals surface area (Å²) in [6.45, 7) is 3.66. The monoisotopic (exact) mass is 448 g/mol. The molecule has 0 aliphatic carbocycles. The molecule has 0 bridgehead atoms. The molecule has 2 aromatic rings. The van der Waals surface area contributed by atoms with Gasteiger partial charge in [-0.15, -0.1) is 0 Å². The normalized spacial score (nSPS) is 10.4. The Kier molecular flexibility index (Phi) is 8.62. The number of hydrogen-bond acceptors (Lipinski definition) is 3. The summed E-state index contributed by atoms with van der Waals surface area (Å²) in [5, 5.41) is 0.399. The summed E-state index contributed by atoms with van der Waals surface area (Å²) in [5.41, 5.74) is 1.55. The zero-order chi connectivity index (χ0) is 15.7. The van der Waals surface area contributed by atoms with E-state index in [0.717, 1.165) is 19.8 Å². The van der Waals surface area contributed by atoms with E-state index in [4.69, 9.17) is 11.6 Å². The number of aryl methyl sites for hydroxylation is 1. The number of nitrogens with zero attached hydrogens (tertiary/aromatic N) is 2. The van der Waals surface area contributed by atoms with Gasteiger partial charge in [0.1, 0.15) is 0 Å². The van der Waals surface area contributed by atoms with Gasteiger partial charge in [-0.1, -0.05) is 0 Å². The van der Waals surface area contributed by atoms with Gasteiger partial charge in [-0.05, 0) is 0 Å². The molecular weight excluding hydrogens is 438 g/mol. The molecule has 0 aliphatic heterocycles. The Morgan fingerprint density at radius 3 is 2.43 bits per heavy atom. The molecule has 0 saturated carbocycles. The Bertz CT molecular complexity index is 624. The fraction of sp³-hybridized carbons (Fsp3) is 0.133. The topological polar surface area (TPSA) is 42.9 Å². The van der Waals surface area contributed by atoms with Crippen LogP contribution in [0.15, 0.2) is 41.1 Å². The van der Waals surface area contributed by atoms with Gasteiger partial charge < -0.3 is 0 Å². The molecule has 0 radical (unpaired) electrons. The summed E-state index contributed by atoms with van der Waals surface area (Å²) in [6.07, 6.45) is 3.21. The number of aromatic nitrogens is 2. The molecule has 0 unspecified atom stereocenters. The van der Waals surface area contributed by atoms with Crippen LogP contribution in [-0.4, -0.2) is 14.0 Å². The maximum absolute atomic E-state index is 10.8. The largest absolute Gasteiger partial charge is 0.184 e. The Labute approximate surface area is 145 Å². The second-order valence-corrected chi connectivity index (χ2v) is 6.83. The van der Waals surface area contributed by atoms with Crippen LogP contribution in [0.2, 0.25) is 5.15 Å². The van der Waals surface area contributed by atoms with E-state index in [2.05, 4.69) is 32.0 Å². The smallest absolute Gasteiger partial charge is 0.171 e. The summed E-state index contributed by atoms with van der Waals surface area (Å²) in [7, 11) is 0. The molecule has 1 heterocycles. The van der Waals surface area contributed by atoms with Crippen molar-refractivity contribution in [1.82, 2.24) is 9.97 Å². The third-order valence-electron chi connectivity index (χ3n) is 2.36. The molecule has 0 fully saturated rings. The van der Waals surface area contributed by atoms with Gasteiger partial charge in [0.2, 0.25) is 0 Å². The fourth-order valence-electron chi connectivity index (χ4n) is 1.22. The van der Waals surface area contributed by atoms with E-state index < -0.39 is 17.2 Å². The van der Waals surface area contributed by atoms with Crippen molar-refractivity contribution in [3.05, 3.63) is 63.6 Å². The van der Waals surface area contributed by atoms with Gasteiger partial charge in [-0.25, -0.2) is 0 Å². The molecule has 21 heavy (non-hydrogen) atoms. The van der Waals surface area contributed by atoms with E-state index in [9.17, 15) is 3.50 Å².